The summed E-state index contributed by atoms with van der Waals surface area (Å²) < 4.78 is 1.84. The van der Waals surface area contributed by atoms with Crippen LogP contribution < -0.4 is 4.90 Å². The second kappa shape index (κ2) is 5.81. The van der Waals surface area contributed by atoms with E-state index in [1.807, 2.05) is 34.0 Å². The van der Waals surface area contributed by atoms with Gasteiger partial charge in [0.1, 0.15) is 0 Å². The monoisotopic (exact) mass is 312 g/mol. The average Bonchev–Trinajstić information content (AvgIpc) is 2.92. The minimum absolute atomic E-state index is 0.0169. The number of hydrogen-bond acceptors (Lipinski definition) is 3. The van der Waals surface area contributed by atoms with Gasteiger partial charge in [-0.3, -0.25) is 9.48 Å². The summed E-state index contributed by atoms with van der Waals surface area (Å²) in [5.41, 5.74) is 2.70. The fourth-order valence-corrected chi connectivity index (χ4v) is 2.84. The molecule has 0 saturated carbocycles. The first-order chi connectivity index (χ1) is 10.9. The summed E-state index contributed by atoms with van der Waals surface area (Å²) in [5, 5.41) is 4.36. The van der Waals surface area contributed by atoms with Gasteiger partial charge in [-0.1, -0.05) is 18.2 Å². The zero-order chi connectivity index (χ0) is 16.6. The number of aromatic nitrogens is 2. The van der Waals surface area contributed by atoms with Gasteiger partial charge in [0.15, 0.2) is 0 Å². The molecule has 1 aliphatic heterocycles. The number of benzene rings is 1. The summed E-state index contributed by atoms with van der Waals surface area (Å²) in [6, 6.07) is 8.14. The molecule has 5 nitrogen and oxygen atoms in total. The molecule has 0 radical (unpaired) electrons. The zero-order valence-electron chi connectivity index (χ0n) is 14.3. The number of nitrogens with zero attached hydrogens (tertiary/aromatic N) is 4. The Morgan fingerprint density at radius 1 is 1.17 bits per heavy atom. The lowest BCUT2D eigenvalue weighted by Gasteiger charge is -2.22. The van der Waals surface area contributed by atoms with Crippen LogP contribution in [0.5, 0.6) is 0 Å². The molecule has 0 bridgehead atoms. The molecular formula is C18H24N4O. The Balaban J connectivity index is 1.94. The Bertz CT molecular complexity index is 714. The maximum Gasteiger partial charge on any atom is 0.261 e. The Morgan fingerprint density at radius 3 is 2.61 bits per heavy atom. The molecule has 0 fully saturated rings. The van der Waals surface area contributed by atoms with E-state index in [1.54, 1.807) is 6.20 Å². The van der Waals surface area contributed by atoms with Crippen LogP contribution in [0, 0.1) is 0 Å². The van der Waals surface area contributed by atoms with Crippen LogP contribution in [0.25, 0.3) is 0 Å². The Hall–Kier alpha value is -2.14. The molecule has 0 spiro atoms. The lowest BCUT2D eigenvalue weighted by molar-refractivity contribution is 0.0985. The Kier molecular flexibility index (Phi) is 3.98. The largest absolute Gasteiger partial charge is 0.307 e. The second-order valence-corrected chi connectivity index (χ2v) is 7.17. The van der Waals surface area contributed by atoms with E-state index in [1.165, 1.54) is 5.56 Å². The predicted molar refractivity (Wildman–Crippen MR) is 91.7 cm³/mol. The van der Waals surface area contributed by atoms with Gasteiger partial charge < -0.3 is 9.80 Å². The van der Waals surface area contributed by atoms with Gasteiger partial charge in [0.25, 0.3) is 5.91 Å². The molecule has 122 valence electrons. The van der Waals surface area contributed by atoms with E-state index in [4.69, 9.17) is 0 Å². The number of carbonyl (C=O) groups excluding carboxylic acids is 1. The fraction of sp³-hybridized carbons (Fsp3) is 0.444. The molecule has 2 aromatic rings. The van der Waals surface area contributed by atoms with Crippen molar-refractivity contribution < 1.29 is 4.79 Å². The molecule has 0 atom stereocenters. The number of para-hydroxylation sites is 1. The number of fused-ring (bicyclic) bond motifs is 1. The number of likely N-dealkylation sites (N-methyl/N-ethyl adjacent to an activating group) is 1. The summed E-state index contributed by atoms with van der Waals surface area (Å²) in [4.78, 5) is 17.1. The van der Waals surface area contributed by atoms with Crippen LogP contribution in [0.1, 0.15) is 36.7 Å². The molecule has 0 aliphatic carbocycles. The van der Waals surface area contributed by atoms with Crippen molar-refractivity contribution in [1.82, 2.24) is 14.7 Å². The van der Waals surface area contributed by atoms with Gasteiger partial charge in [-0.05, 0) is 39.4 Å². The van der Waals surface area contributed by atoms with Crippen molar-refractivity contribution >= 4 is 11.6 Å². The summed E-state index contributed by atoms with van der Waals surface area (Å²) >= 11 is 0. The molecule has 1 amide bonds. The van der Waals surface area contributed by atoms with Gasteiger partial charge >= 0.3 is 0 Å². The van der Waals surface area contributed by atoms with Crippen LogP contribution in [0.3, 0.4) is 0 Å². The van der Waals surface area contributed by atoms with Crippen LogP contribution in [0.2, 0.25) is 0 Å². The normalized spacial score (nSPS) is 16.1. The highest BCUT2D eigenvalue weighted by Crippen LogP contribution is 2.26. The molecule has 5 heteroatoms. The third kappa shape index (κ3) is 3.15. The number of amides is 1. The average molecular weight is 312 g/mol. The fourth-order valence-electron chi connectivity index (χ4n) is 2.84. The van der Waals surface area contributed by atoms with E-state index in [9.17, 15) is 4.79 Å². The molecule has 23 heavy (non-hydrogen) atoms. The topological polar surface area (TPSA) is 41.4 Å². The van der Waals surface area contributed by atoms with Gasteiger partial charge in [-0.15, -0.1) is 0 Å². The summed E-state index contributed by atoms with van der Waals surface area (Å²) in [5.74, 6) is 0.0169. The summed E-state index contributed by atoms with van der Waals surface area (Å²) in [6.45, 7) is 8.63. The molecular weight excluding hydrogens is 288 g/mol. The van der Waals surface area contributed by atoms with E-state index in [-0.39, 0.29) is 11.4 Å². The maximum atomic E-state index is 13.0. The van der Waals surface area contributed by atoms with Crippen LogP contribution in [-0.4, -0.2) is 40.7 Å². The molecule has 0 unspecified atom stereocenters. The van der Waals surface area contributed by atoms with Crippen molar-refractivity contribution in [3.8, 4) is 0 Å². The number of carbonyl (C=O) groups is 1. The van der Waals surface area contributed by atoms with E-state index >= 15 is 0 Å². The lowest BCUT2D eigenvalue weighted by Crippen LogP contribution is -2.35. The van der Waals surface area contributed by atoms with E-state index in [2.05, 4.69) is 43.9 Å². The van der Waals surface area contributed by atoms with Gasteiger partial charge in [0.2, 0.25) is 0 Å². The molecule has 0 N–H and O–H groups in total. The smallest absolute Gasteiger partial charge is 0.261 e. The zero-order valence-corrected chi connectivity index (χ0v) is 14.3. The van der Waals surface area contributed by atoms with Crippen molar-refractivity contribution in [1.29, 1.82) is 0 Å². The SMILES string of the molecule is CN1CCN(C(=O)c2cnn(C(C)(C)C)c2)c2ccccc2C1. The van der Waals surface area contributed by atoms with E-state index in [0.717, 1.165) is 18.8 Å². The quantitative estimate of drug-likeness (QED) is 0.813. The van der Waals surface area contributed by atoms with Crippen LogP contribution in [0.4, 0.5) is 5.69 Å². The number of anilines is 1. The molecule has 2 heterocycles. The van der Waals surface area contributed by atoms with E-state index < -0.39 is 0 Å². The number of rotatable bonds is 1. The highest BCUT2D eigenvalue weighted by molar-refractivity contribution is 6.06. The minimum Gasteiger partial charge on any atom is -0.307 e. The highest BCUT2D eigenvalue weighted by Gasteiger charge is 2.25. The van der Waals surface area contributed by atoms with Crippen LogP contribution in [-0.2, 0) is 12.1 Å². The van der Waals surface area contributed by atoms with Gasteiger partial charge in [-0.25, -0.2) is 0 Å². The second-order valence-electron chi connectivity index (χ2n) is 7.17. The first kappa shape index (κ1) is 15.7. The Labute approximate surface area is 137 Å². The van der Waals surface area contributed by atoms with E-state index in [0.29, 0.717) is 12.1 Å². The third-order valence-corrected chi connectivity index (χ3v) is 4.19. The van der Waals surface area contributed by atoms with Gasteiger partial charge in [0, 0.05) is 31.5 Å². The molecule has 1 aliphatic rings. The first-order valence-electron chi connectivity index (χ1n) is 8.00. The molecule has 1 aromatic carbocycles. The minimum atomic E-state index is -0.130. The van der Waals surface area contributed by atoms with Gasteiger partial charge in [-0.2, -0.15) is 5.10 Å². The standard InChI is InChI=1S/C18H24N4O/c1-18(2,3)22-13-15(11-19-22)17(23)21-10-9-20(4)12-14-7-5-6-8-16(14)21/h5-8,11,13H,9-10,12H2,1-4H3. The van der Waals surface area contributed by atoms with Crippen molar-refractivity contribution in [2.75, 3.05) is 25.0 Å². The summed E-state index contributed by atoms with van der Waals surface area (Å²) in [7, 11) is 2.09. The third-order valence-electron chi connectivity index (χ3n) is 4.19. The maximum absolute atomic E-state index is 13.0. The number of hydrogen-bond donors (Lipinski definition) is 0. The van der Waals surface area contributed by atoms with Crippen LogP contribution >= 0.6 is 0 Å². The first-order valence-corrected chi connectivity index (χ1v) is 8.00. The van der Waals surface area contributed by atoms with Crippen molar-refractivity contribution in [3.63, 3.8) is 0 Å². The van der Waals surface area contributed by atoms with Crippen molar-refractivity contribution in [2.24, 2.45) is 0 Å². The lowest BCUT2D eigenvalue weighted by atomic mass is 10.1. The van der Waals surface area contributed by atoms with Crippen molar-refractivity contribution in [2.45, 2.75) is 32.9 Å². The van der Waals surface area contributed by atoms with Crippen molar-refractivity contribution in [3.05, 3.63) is 47.8 Å². The highest BCUT2D eigenvalue weighted by atomic mass is 16.2. The molecule has 0 saturated heterocycles. The molecule has 3 rings (SSSR count). The van der Waals surface area contributed by atoms with Gasteiger partial charge in [0.05, 0.1) is 17.3 Å². The Morgan fingerprint density at radius 2 is 1.91 bits per heavy atom. The summed E-state index contributed by atoms with van der Waals surface area (Å²) in [6.07, 6.45) is 3.52. The molecule has 1 aromatic heterocycles. The predicted octanol–water partition coefficient (Wildman–Crippen LogP) is 2.73. The van der Waals surface area contributed by atoms with Crippen LogP contribution in [0.15, 0.2) is 36.7 Å².